The van der Waals surface area contributed by atoms with E-state index < -0.39 is 0 Å². The van der Waals surface area contributed by atoms with Crippen LogP contribution in [-0.4, -0.2) is 17.6 Å². The Labute approximate surface area is 149 Å². The summed E-state index contributed by atoms with van der Waals surface area (Å²) in [5.74, 6) is 2.09. The lowest BCUT2D eigenvalue weighted by atomic mass is 10.0. The summed E-state index contributed by atoms with van der Waals surface area (Å²) in [5, 5.41) is 3.46. The Morgan fingerprint density at radius 3 is 2.81 bits per heavy atom. The molecule has 3 aromatic rings. The second kappa shape index (κ2) is 5.84. The zero-order valence-corrected chi connectivity index (χ0v) is 13.8. The lowest BCUT2D eigenvalue weighted by Crippen LogP contribution is -2.42. The summed E-state index contributed by atoms with van der Waals surface area (Å²) < 4.78 is 16.4. The molecule has 26 heavy (non-hydrogen) atoms. The number of nitrogens with one attached hydrogen (secondary N) is 1. The summed E-state index contributed by atoms with van der Waals surface area (Å²) in [7, 11) is 0. The Balaban J connectivity index is 1.57. The molecule has 0 radical (unpaired) electrons. The minimum Gasteiger partial charge on any atom is -0.467 e. The van der Waals surface area contributed by atoms with Gasteiger partial charge in [0.25, 0.3) is 5.91 Å². The van der Waals surface area contributed by atoms with E-state index in [-0.39, 0.29) is 18.9 Å². The van der Waals surface area contributed by atoms with Crippen molar-refractivity contribution in [1.82, 2.24) is 4.90 Å². The van der Waals surface area contributed by atoms with Gasteiger partial charge in [-0.2, -0.15) is 0 Å². The van der Waals surface area contributed by atoms with Crippen LogP contribution in [0.15, 0.2) is 65.3 Å². The van der Waals surface area contributed by atoms with Gasteiger partial charge in [0.05, 0.1) is 18.4 Å². The number of amides is 1. The van der Waals surface area contributed by atoms with Crippen molar-refractivity contribution in [3.63, 3.8) is 0 Å². The fraction of sp³-hybridized carbons (Fsp3) is 0.150. The van der Waals surface area contributed by atoms with Crippen LogP contribution in [0.5, 0.6) is 11.5 Å². The van der Waals surface area contributed by atoms with E-state index in [1.54, 1.807) is 11.2 Å². The Morgan fingerprint density at radius 2 is 1.92 bits per heavy atom. The number of para-hydroxylation sites is 1. The van der Waals surface area contributed by atoms with E-state index in [1.165, 1.54) is 0 Å². The zero-order chi connectivity index (χ0) is 17.5. The van der Waals surface area contributed by atoms with Gasteiger partial charge in [0, 0.05) is 5.69 Å². The number of carbonyl (C=O) groups excluding carboxylic acids is 1. The van der Waals surface area contributed by atoms with Gasteiger partial charge in [0.15, 0.2) is 11.5 Å². The van der Waals surface area contributed by atoms with Crippen LogP contribution in [0.3, 0.4) is 0 Å². The Morgan fingerprint density at radius 1 is 1.04 bits per heavy atom. The number of hydrogen-bond donors (Lipinski definition) is 1. The molecule has 2 aliphatic heterocycles. The minimum absolute atomic E-state index is 0.0431. The summed E-state index contributed by atoms with van der Waals surface area (Å²) in [6, 6.07) is 16.9. The fourth-order valence-electron chi connectivity index (χ4n) is 3.37. The van der Waals surface area contributed by atoms with Gasteiger partial charge in [-0.1, -0.05) is 18.2 Å². The molecule has 6 heteroatoms. The monoisotopic (exact) mass is 348 g/mol. The maximum absolute atomic E-state index is 13.1. The number of nitrogens with zero attached hydrogens (tertiary/aromatic N) is 1. The van der Waals surface area contributed by atoms with Crippen molar-refractivity contribution in [2.45, 2.75) is 12.7 Å². The quantitative estimate of drug-likeness (QED) is 0.780. The smallest absolute Gasteiger partial charge is 0.258 e. The lowest BCUT2D eigenvalue weighted by Gasteiger charge is -2.37. The lowest BCUT2D eigenvalue weighted by molar-refractivity contribution is 0.0651. The van der Waals surface area contributed by atoms with Crippen LogP contribution in [0.25, 0.3) is 0 Å². The molecular formula is C20H16N2O4. The van der Waals surface area contributed by atoms with Gasteiger partial charge >= 0.3 is 0 Å². The molecule has 0 saturated carbocycles. The molecule has 1 atom stereocenters. The van der Waals surface area contributed by atoms with Crippen molar-refractivity contribution in [3.8, 4) is 11.5 Å². The van der Waals surface area contributed by atoms with Crippen molar-refractivity contribution < 1.29 is 18.7 Å². The van der Waals surface area contributed by atoms with Gasteiger partial charge in [-0.05, 0) is 42.0 Å². The van der Waals surface area contributed by atoms with E-state index in [1.807, 2.05) is 54.6 Å². The minimum atomic E-state index is -0.336. The highest BCUT2D eigenvalue weighted by molar-refractivity contribution is 6.01. The first-order valence-electron chi connectivity index (χ1n) is 8.38. The molecule has 0 unspecified atom stereocenters. The normalized spacial score (nSPS) is 17.8. The SMILES string of the molecule is O=C1c2ccccc2N[C@H](c2ccc3c(c2)OCO3)N1Cc1ccco1. The maximum Gasteiger partial charge on any atom is 0.258 e. The molecule has 1 N–H and O–H groups in total. The standard InChI is InChI=1S/C20H16N2O4/c23-20-15-5-1-2-6-16(15)21-19(22(20)11-14-4-3-9-24-14)13-7-8-17-18(10-13)26-12-25-17/h1-10,19,21H,11-12H2/t19-/m0/s1. The van der Waals surface area contributed by atoms with E-state index in [0.717, 1.165) is 17.0 Å². The van der Waals surface area contributed by atoms with Gasteiger partial charge in [-0.3, -0.25) is 4.79 Å². The van der Waals surface area contributed by atoms with Crippen molar-refractivity contribution in [3.05, 3.63) is 77.7 Å². The third kappa shape index (κ3) is 2.38. The Kier molecular flexibility index (Phi) is 3.35. The summed E-state index contributed by atoms with van der Waals surface area (Å²) in [5.41, 5.74) is 2.38. The highest BCUT2D eigenvalue weighted by atomic mass is 16.7. The first kappa shape index (κ1) is 14.9. The van der Waals surface area contributed by atoms with Gasteiger partial charge in [0.2, 0.25) is 6.79 Å². The van der Waals surface area contributed by atoms with Gasteiger partial charge < -0.3 is 24.1 Å². The summed E-state index contributed by atoms with van der Waals surface area (Å²) in [4.78, 5) is 14.9. The number of carbonyl (C=O) groups is 1. The third-order valence-corrected chi connectivity index (χ3v) is 4.64. The molecule has 130 valence electrons. The van der Waals surface area contributed by atoms with E-state index >= 15 is 0 Å². The molecule has 5 rings (SSSR count). The molecular weight excluding hydrogens is 332 g/mol. The van der Waals surface area contributed by atoms with Crippen molar-refractivity contribution in [2.24, 2.45) is 0 Å². The predicted octanol–water partition coefficient (Wildman–Crippen LogP) is 3.78. The zero-order valence-electron chi connectivity index (χ0n) is 13.8. The van der Waals surface area contributed by atoms with Crippen LogP contribution >= 0.6 is 0 Å². The molecule has 3 heterocycles. The topological polar surface area (TPSA) is 63.9 Å². The van der Waals surface area contributed by atoms with E-state index in [2.05, 4.69) is 5.32 Å². The molecule has 0 fully saturated rings. The second-order valence-electron chi connectivity index (χ2n) is 6.22. The number of furan rings is 1. The third-order valence-electron chi connectivity index (χ3n) is 4.64. The largest absolute Gasteiger partial charge is 0.467 e. The molecule has 0 saturated heterocycles. The van der Waals surface area contributed by atoms with Crippen molar-refractivity contribution in [2.75, 3.05) is 12.1 Å². The fourth-order valence-corrected chi connectivity index (χ4v) is 3.37. The predicted molar refractivity (Wildman–Crippen MR) is 94.0 cm³/mol. The van der Waals surface area contributed by atoms with Crippen LogP contribution in [-0.2, 0) is 6.54 Å². The van der Waals surface area contributed by atoms with E-state index in [4.69, 9.17) is 13.9 Å². The first-order chi connectivity index (χ1) is 12.8. The highest BCUT2D eigenvalue weighted by Gasteiger charge is 2.34. The number of hydrogen-bond acceptors (Lipinski definition) is 5. The van der Waals surface area contributed by atoms with Gasteiger partial charge in [0.1, 0.15) is 11.9 Å². The highest BCUT2D eigenvalue weighted by Crippen LogP contribution is 2.39. The Bertz CT molecular complexity index is 968. The average Bonchev–Trinajstić information content (AvgIpc) is 3.35. The average molecular weight is 348 g/mol. The van der Waals surface area contributed by atoms with Crippen LogP contribution in [0.4, 0.5) is 5.69 Å². The van der Waals surface area contributed by atoms with Gasteiger partial charge in [-0.15, -0.1) is 0 Å². The van der Waals surface area contributed by atoms with Crippen LogP contribution in [0.2, 0.25) is 0 Å². The molecule has 2 aliphatic rings. The van der Waals surface area contributed by atoms with Gasteiger partial charge in [-0.25, -0.2) is 0 Å². The summed E-state index contributed by atoms with van der Waals surface area (Å²) in [6.45, 7) is 0.584. The molecule has 0 aliphatic carbocycles. The number of fused-ring (bicyclic) bond motifs is 2. The molecule has 0 spiro atoms. The molecule has 6 nitrogen and oxygen atoms in total. The molecule has 2 aromatic carbocycles. The van der Waals surface area contributed by atoms with E-state index in [0.29, 0.717) is 23.6 Å². The summed E-state index contributed by atoms with van der Waals surface area (Å²) >= 11 is 0. The molecule has 0 bridgehead atoms. The van der Waals surface area contributed by atoms with Crippen molar-refractivity contribution >= 4 is 11.6 Å². The maximum atomic E-state index is 13.1. The number of anilines is 1. The Hall–Kier alpha value is -3.41. The first-order valence-corrected chi connectivity index (χ1v) is 8.38. The van der Waals surface area contributed by atoms with Crippen LogP contribution in [0, 0.1) is 0 Å². The number of benzene rings is 2. The van der Waals surface area contributed by atoms with E-state index in [9.17, 15) is 4.79 Å². The molecule has 1 amide bonds. The molecule has 1 aromatic heterocycles. The second-order valence-corrected chi connectivity index (χ2v) is 6.22. The number of rotatable bonds is 3. The van der Waals surface area contributed by atoms with Crippen LogP contribution < -0.4 is 14.8 Å². The van der Waals surface area contributed by atoms with Crippen molar-refractivity contribution in [1.29, 1.82) is 0 Å². The summed E-state index contributed by atoms with van der Waals surface area (Å²) in [6.07, 6.45) is 1.28. The number of ether oxygens (including phenoxy) is 2. The van der Waals surface area contributed by atoms with Crippen LogP contribution in [0.1, 0.15) is 27.8 Å².